The van der Waals surface area contributed by atoms with Crippen LogP contribution in [0.3, 0.4) is 0 Å². The number of nitrogens with zero attached hydrogens (tertiary/aromatic N) is 1. The first-order valence-corrected chi connectivity index (χ1v) is 7.46. The van der Waals surface area contributed by atoms with Crippen molar-refractivity contribution in [3.63, 3.8) is 0 Å². The van der Waals surface area contributed by atoms with E-state index in [0.717, 1.165) is 0 Å². The van der Waals surface area contributed by atoms with Gasteiger partial charge in [0, 0.05) is 0 Å². The van der Waals surface area contributed by atoms with Crippen molar-refractivity contribution in [2.24, 2.45) is 10.8 Å². The van der Waals surface area contributed by atoms with Crippen LogP contribution in [0.25, 0.3) is 0 Å². The SMILES string of the molecule is CN([SiH](C)N)[SiH](C)N. The van der Waals surface area contributed by atoms with Gasteiger partial charge in [-0.25, -0.2) is 0 Å². The summed E-state index contributed by atoms with van der Waals surface area (Å²) in [4.78, 5) is 0. The first-order chi connectivity index (χ1) is 3.55. The van der Waals surface area contributed by atoms with Crippen molar-refractivity contribution in [1.82, 2.24) is 4.23 Å². The average Bonchev–Trinajstić information content (AvgIpc) is 1.64. The van der Waals surface area contributed by atoms with Crippen LogP contribution in [-0.4, -0.2) is 29.5 Å². The molecule has 0 aliphatic carbocycles. The lowest BCUT2D eigenvalue weighted by atomic mass is 11.6. The summed E-state index contributed by atoms with van der Waals surface area (Å²) < 4.78 is 2.17. The van der Waals surface area contributed by atoms with Crippen LogP contribution in [0.1, 0.15) is 0 Å². The largest absolute Gasteiger partial charge is 0.342 e. The highest BCUT2D eigenvalue weighted by Crippen LogP contribution is 1.82. The van der Waals surface area contributed by atoms with Crippen molar-refractivity contribution in [2.75, 3.05) is 7.05 Å². The maximum Gasteiger partial charge on any atom is 0.175 e. The Labute approximate surface area is 54.2 Å². The molecule has 0 radical (unpaired) electrons. The lowest BCUT2D eigenvalue weighted by molar-refractivity contribution is 0.796. The van der Waals surface area contributed by atoms with Gasteiger partial charge in [0.1, 0.15) is 0 Å². The van der Waals surface area contributed by atoms with Gasteiger partial charge >= 0.3 is 0 Å². The molecule has 0 aromatic carbocycles. The van der Waals surface area contributed by atoms with Gasteiger partial charge in [0.2, 0.25) is 0 Å². The molecule has 0 aromatic heterocycles. The summed E-state index contributed by atoms with van der Waals surface area (Å²) in [6.07, 6.45) is 0. The Kier molecular flexibility index (Phi) is 3.49. The molecule has 8 heavy (non-hydrogen) atoms. The molecule has 0 fully saturated rings. The Morgan fingerprint density at radius 3 is 1.38 bits per heavy atom. The minimum absolute atomic E-state index is 1.05. The van der Waals surface area contributed by atoms with E-state index >= 15 is 0 Å². The van der Waals surface area contributed by atoms with E-state index in [1.807, 2.05) is 7.05 Å². The lowest BCUT2D eigenvalue weighted by Crippen LogP contribution is -2.53. The van der Waals surface area contributed by atoms with E-state index in [-0.39, 0.29) is 0 Å². The molecule has 0 aliphatic rings. The highest BCUT2D eigenvalue weighted by molar-refractivity contribution is 6.67. The van der Waals surface area contributed by atoms with Gasteiger partial charge in [-0.15, -0.1) is 0 Å². The summed E-state index contributed by atoms with van der Waals surface area (Å²) in [5.41, 5.74) is 0. The molecule has 50 valence electrons. The molecule has 4 N–H and O–H groups in total. The third-order valence-corrected chi connectivity index (χ3v) is 6.68. The van der Waals surface area contributed by atoms with Crippen LogP contribution in [0.4, 0.5) is 0 Å². The Morgan fingerprint density at radius 2 is 1.38 bits per heavy atom. The monoisotopic (exact) mass is 149 g/mol. The summed E-state index contributed by atoms with van der Waals surface area (Å²) in [7, 11) is -0.0833. The van der Waals surface area contributed by atoms with E-state index in [4.69, 9.17) is 10.8 Å². The Hall–Kier alpha value is 0.314. The summed E-state index contributed by atoms with van der Waals surface area (Å²) in [6.45, 7) is 4.16. The molecule has 2 unspecified atom stereocenters. The Morgan fingerprint density at radius 1 is 1.12 bits per heavy atom. The summed E-state index contributed by atoms with van der Waals surface area (Å²) in [6, 6.07) is 0. The average molecular weight is 149 g/mol. The second-order valence-corrected chi connectivity index (χ2v) is 7.33. The first-order valence-electron chi connectivity index (χ1n) is 2.78. The first kappa shape index (κ1) is 8.31. The molecule has 0 bridgehead atoms. The molecule has 0 amide bonds. The number of hydrogen-bond donors (Lipinski definition) is 2. The van der Waals surface area contributed by atoms with E-state index in [1.54, 1.807) is 0 Å². The zero-order chi connectivity index (χ0) is 6.73. The molecule has 0 saturated carbocycles. The quantitative estimate of drug-likeness (QED) is 0.472. The molecule has 0 aliphatic heterocycles. The van der Waals surface area contributed by atoms with Gasteiger partial charge in [-0.3, -0.25) is 0 Å². The van der Waals surface area contributed by atoms with Gasteiger partial charge in [-0.05, 0) is 20.1 Å². The lowest BCUT2D eigenvalue weighted by Gasteiger charge is -2.22. The molecule has 0 saturated heterocycles. The van der Waals surface area contributed by atoms with E-state index in [1.165, 1.54) is 0 Å². The molecule has 0 rings (SSSR count). The number of hydrogen-bond acceptors (Lipinski definition) is 3. The maximum atomic E-state index is 5.66. The van der Waals surface area contributed by atoms with Crippen molar-refractivity contribution >= 4 is 18.2 Å². The second-order valence-electron chi connectivity index (χ2n) is 2.15. The highest BCUT2D eigenvalue weighted by Gasteiger charge is 2.09. The number of rotatable bonds is 2. The molecular formula is C3H15N3Si2. The molecule has 2 atom stereocenters. The van der Waals surface area contributed by atoms with Crippen molar-refractivity contribution in [2.45, 2.75) is 13.1 Å². The van der Waals surface area contributed by atoms with Crippen molar-refractivity contribution in [1.29, 1.82) is 0 Å². The Balaban J connectivity index is 3.46. The summed E-state index contributed by atoms with van der Waals surface area (Å²) in [5, 5.41) is 11.3. The summed E-state index contributed by atoms with van der Waals surface area (Å²) >= 11 is 0. The Bertz CT molecular complexity index is 57.5. The predicted molar refractivity (Wildman–Crippen MR) is 42.2 cm³/mol. The smallest absolute Gasteiger partial charge is 0.175 e. The van der Waals surface area contributed by atoms with Crippen LogP contribution in [0.15, 0.2) is 0 Å². The van der Waals surface area contributed by atoms with Gasteiger partial charge in [0.05, 0.1) is 0 Å². The van der Waals surface area contributed by atoms with Gasteiger partial charge in [0.25, 0.3) is 0 Å². The molecule has 0 aromatic rings. The van der Waals surface area contributed by atoms with Crippen LogP contribution < -0.4 is 10.8 Å². The summed E-state index contributed by atoms with van der Waals surface area (Å²) in [5.74, 6) is 0. The molecule has 5 heteroatoms. The minimum Gasteiger partial charge on any atom is -0.342 e. The topological polar surface area (TPSA) is 55.3 Å². The molecular weight excluding hydrogens is 134 g/mol. The zero-order valence-corrected chi connectivity index (χ0v) is 8.07. The fourth-order valence-electron chi connectivity index (χ4n) is 0.371. The van der Waals surface area contributed by atoms with Gasteiger partial charge in [-0.1, -0.05) is 0 Å². The van der Waals surface area contributed by atoms with Gasteiger partial charge in [-0.2, -0.15) is 0 Å². The highest BCUT2D eigenvalue weighted by atomic mass is 28.4. The molecule has 0 spiro atoms. The standard InChI is InChI=1S/C3H15N3Si2/c1-6(7(2)4)8(3)5/h7-8H,4-5H2,1-3H3. The molecule has 0 heterocycles. The van der Waals surface area contributed by atoms with Crippen LogP contribution in [-0.2, 0) is 0 Å². The third kappa shape index (κ3) is 2.58. The van der Waals surface area contributed by atoms with Crippen LogP contribution in [0, 0.1) is 0 Å². The second kappa shape index (κ2) is 3.36. The third-order valence-electron chi connectivity index (χ3n) is 1.28. The predicted octanol–water partition coefficient (Wildman–Crippen LogP) is -1.46. The minimum atomic E-state index is -1.05. The van der Waals surface area contributed by atoms with E-state index in [2.05, 4.69) is 17.3 Å². The van der Waals surface area contributed by atoms with E-state index in [9.17, 15) is 0 Å². The fraction of sp³-hybridized carbons (Fsp3) is 1.00. The van der Waals surface area contributed by atoms with Crippen LogP contribution >= 0.6 is 0 Å². The normalized spacial score (nSPS) is 18.8. The van der Waals surface area contributed by atoms with Gasteiger partial charge < -0.3 is 15.0 Å². The maximum absolute atomic E-state index is 5.66. The van der Waals surface area contributed by atoms with E-state index in [0.29, 0.717) is 0 Å². The molecule has 3 nitrogen and oxygen atoms in total. The zero-order valence-electron chi connectivity index (χ0n) is 5.76. The van der Waals surface area contributed by atoms with Crippen molar-refractivity contribution < 1.29 is 0 Å². The van der Waals surface area contributed by atoms with Crippen molar-refractivity contribution in [3.05, 3.63) is 0 Å². The van der Waals surface area contributed by atoms with Gasteiger partial charge in [0.15, 0.2) is 18.2 Å². The van der Waals surface area contributed by atoms with E-state index < -0.39 is 18.2 Å². The van der Waals surface area contributed by atoms with Crippen molar-refractivity contribution in [3.8, 4) is 0 Å². The fourth-order valence-corrected chi connectivity index (χ4v) is 3.34. The number of nitrogens with two attached hydrogens (primary N) is 2. The van der Waals surface area contributed by atoms with Crippen LogP contribution in [0.5, 0.6) is 0 Å². The van der Waals surface area contributed by atoms with Crippen LogP contribution in [0.2, 0.25) is 13.1 Å².